The number of benzene rings is 1. The standard InChI is InChI=1S/C15H21ClN2O3S/c1-2-3-7-17-22(20,21)14-6-4-5-13(10-14)18-15(19)11-8-12(16)9-11/h4-6,10-12,17H,2-3,7-9H2,1H3,(H,18,19). The first-order valence-corrected chi connectivity index (χ1v) is 9.39. The molecule has 2 N–H and O–H groups in total. The second kappa shape index (κ2) is 7.44. The van der Waals surface area contributed by atoms with Crippen LogP contribution < -0.4 is 10.0 Å². The van der Waals surface area contributed by atoms with E-state index in [1.165, 1.54) is 12.1 Å². The summed E-state index contributed by atoms with van der Waals surface area (Å²) < 4.78 is 26.8. The lowest BCUT2D eigenvalue weighted by Crippen LogP contribution is -2.35. The maximum absolute atomic E-state index is 12.1. The fourth-order valence-corrected chi connectivity index (χ4v) is 3.76. The largest absolute Gasteiger partial charge is 0.326 e. The number of alkyl halides is 1. The van der Waals surface area contributed by atoms with Crippen molar-refractivity contribution in [1.29, 1.82) is 0 Å². The lowest BCUT2D eigenvalue weighted by Gasteiger charge is -2.29. The molecule has 1 aromatic carbocycles. The van der Waals surface area contributed by atoms with Crippen LogP contribution in [0.25, 0.3) is 0 Å². The van der Waals surface area contributed by atoms with Crippen LogP contribution in [0.5, 0.6) is 0 Å². The molecule has 2 rings (SSSR count). The number of nitrogens with one attached hydrogen (secondary N) is 2. The summed E-state index contributed by atoms with van der Waals surface area (Å²) in [6.45, 7) is 2.41. The minimum Gasteiger partial charge on any atom is -0.326 e. The molecule has 0 radical (unpaired) electrons. The van der Waals surface area contributed by atoms with Gasteiger partial charge in [0, 0.05) is 23.5 Å². The number of anilines is 1. The van der Waals surface area contributed by atoms with Crippen LogP contribution in [-0.2, 0) is 14.8 Å². The summed E-state index contributed by atoms with van der Waals surface area (Å²) in [5, 5.41) is 2.83. The molecule has 0 aromatic heterocycles. The highest BCUT2D eigenvalue weighted by molar-refractivity contribution is 7.89. The van der Waals surface area contributed by atoms with Crippen molar-refractivity contribution in [3.63, 3.8) is 0 Å². The third kappa shape index (κ3) is 4.44. The molecule has 0 atom stereocenters. The van der Waals surface area contributed by atoms with E-state index in [9.17, 15) is 13.2 Å². The SMILES string of the molecule is CCCCNS(=O)(=O)c1cccc(NC(=O)C2CC(Cl)C2)c1. The van der Waals surface area contributed by atoms with Gasteiger partial charge in [0.2, 0.25) is 15.9 Å². The molecule has 1 saturated carbocycles. The normalized spacial score (nSPS) is 21.2. The fraction of sp³-hybridized carbons (Fsp3) is 0.533. The van der Waals surface area contributed by atoms with Crippen molar-refractivity contribution in [2.45, 2.75) is 42.9 Å². The molecule has 122 valence electrons. The molecule has 22 heavy (non-hydrogen) atoms. The second-order valence-electron chi connectivity index (χ2n) is 5.53. The topological polar surface area (TPSA) is 75.3 Å². The molecule has 5 nitrogen and oxygen atoms in total. The van der Waals surface area contributed by atoms with Crippen LogP contribution in [0.1, 0.15) is 32.6 Å². The van der Waals surface area contributed by atoms with Crippen LogP contribution in [0.4, 0.5) is 5.69 Å². The molecule has 0 unspecified atom stereocenters. The lowest BCUT2D eigenvalue weighted by atomic mass is 9.84. The summed E-state index contributed by atoms with van der Waals surface area (Å²) in [4.78, 5) is 12.1. The van der Waals surface area contributed by atoms with Gasteiger partial charge < -0.3 is 5.32 Å². The number of rotatable bonds is 7. The van der Waals surface area contributed by atoms with Crippen LogP contribution in [0.3, 0.4) is 0 Å². The highest BCUT2D eigenvalue weighted by Crippen LogP contribution is 2.32. The fourth-order valence-electron chi connectivity index (χ4n) is 2.21. The van der Waals surface area contributed by atoms with Gasteiger partial charge in [0.1, 0.15) is 0 Å². The van der Waals surface area contributed by atoms with Crippen molar-refractivity contribution < 1.29 is 13.2 Å². The summed E-state index contributed by atoms with van der Waals surface area (Å²) in [6, 6.07) is 6.29. The minimum atomic E-state index is -3.53. The quantitative estimate of drug-likeness (QED) is 0.590. The maximum atomic E-state index is 12.1. The van der Waals surface area contributed by atoms with Crippen molar-refractivity contribution in [3.8, 4) is 0 Å². The Morgan fingerprint density at radius 2 is 2.09 bits per heavy atom. The van der Waals surface area contributed by atoms with E-state index in [2.05, 4.69) is 10.0 Å². The smallest absolute Gasteiger partial charge is 0.240 e. The Bertz CT molecular complexity index is 627. The van der Waals surface area contributed by atoms with Gasteiger partial charge in [0.05, 0.1) is 4.90 Å². The van der Waals surface area contributed by atoms with Gasteiger partial charge in [0.15, 0.2) is 0 Å². The van der Waals surface area contributed by atoms with Gasteiger partial charge in [-0.3, -0.25) is 4.79 Å². The number of halogens is 1. The third-order valence-corrected chi connectivity index (χ3v) is 5.50. The van der Waals surface area contributed by atoms with E-state index in [0.29, 0.717) is 25.1 Å². The number of sulfonamides is 1. The van der Waals surface area contributed by atoms with Crippen molar-refractivity contribution in [2.75, 3.05) is 11.9 Å². The number of carbonyl (C=O) groups excluding carboxylic acids is 1. The van der Waals surface area contributed by atoms with Crippen molar-refractivity contribution in [3.05, 3.63) is 24.3 Å². The molecule has 0 saturated heterocycles. The highest BCUT2D eigenvalue weighted by atomic mass is 35.5. The van der Waals surface area contributed by atoms with Crippen molar-refractivity contribution >= 4 is 33.2 Å². The molecule has 0 heterocycles. The molecule has 1 amide bonds. The Hall–Kier alpha value is -1.11. The predicted molar refractivity (Wildman–Crippen MR) is 87.5 cm³/mol. The molecule has 1 aliphatic carbocycles. The Balaban J connectivity index is 2.01. The summed E-state index contributed by atoms with van der Waals surface area (Å²) in [5.74, 6) is -0.184. The average molecular weight is 345 g/mol. The molecule has 1 aromatic rings. The van der Waals surface area contributed by atoms with Crippen LogP contribution in [0, 0.1) is 5.92 Å². The van der Waals surface area contributed by atoms with E-state index in [1.54, 1.807) is 12.1 Å². The Kier molecular flexibility index (Phi) is 5.83. The first-order chi connectivity index (χ1) is 10.4. The predicted octanol–water partition coefficient (Wildman–Crippen LogP) is 2.72. The molecule has 0 bridgehead atoms. The number of carbonyl (C=O) groups is 1. The zero-order valence-corrected chi connectivity index (χ0v) is 14.1. The van der Waals surface area contributed by atoms with Gasteiger partial charge in [-0.15, -0.1) is 11.6 Å². The van der Waals surface area contributed by atoms with Crippen LogP contribution >= 0.6 is 11.6 Å². The molecule has 1 fully saturated rings. The van der Waals surface area contributed by atoms with Gasteiger partial charge in [0.25, 0.3) is 0 Å². The number of hydrogen-bond acceptors (Lipinski definition) is 3. The van der Waals surface area contributed by atoms with Gasteiger partial charge in [-0.05, 0) is 37.5 Å². The van der Waals surface area contributed by atoms with E-state index in [0.717, 1.165) is 12.8 Å². The number of unbranched alkanes of at least 4 members (excludes halogenated alkanes) is 1. The van der Waals surface area contributed by atoms with Crippen LogP contribution in [0.2, 0.25) is 0 Å². The first kappa shape index (κ1) is 17.2. The van der Waals surface area contributed by atoms with Gasteiger partial charge in [-0.2, -0.15) is 0 Å². The molecular formula is C15H21ClN2O3S. The van der Waals surface area contributed by atoms with Crippen LogP contribution in [0.15, 0.2) is 29.2 Å². The number of hydrogen-bond donors (Lipinski definition) is 2. The average Bonchev–Trinajstić information content (AvgIpc) is 2.44. The highest BCUT2D eigenvalue weighted by Gasteiger charge is 2.33. The molecule has 1 aliphatic rings. The van der Waals surface area contributed by atoms with Gasteiger partial charge >= 0.3 is 0 Å². The molecule has 0 spiro atoms. The van der Waals surface area contributed by atoms with Crippen molar-refractivity contribution in [1.82, 2.24) is 4.72 Å². The summed E-state index contributed by atoms with van der Waals surface area (Å²) in [5.41, 5.74) is 0.487. The Morgan fingerprint density at radius 1 is 1.36 bits per heavy atom. The van der Waals surface area contributed by atoms with E-state index < -0.39 is 10.0 Å². The molecular weight excluding hydrogens is 324 g/mol. The van der Waals surface area contributed by atoms with E-state index in [-0.39, 0.29) is 22.1 Å². The summed E-state index contributed by atoms with van der Waals surface area (Å²) in [7, 11) is -3.53. The second-order valence-corrected chi connectivity index (χ2v) is 7.92. The first-order valence-electron chi connectivity index (χ1n) is 7.47. The van der Waals surface area contributed by atoms with Gasteiger partial charge in [-0.25, -0.2) is 13.1 Å². The van der Waals surface area contributed by atoms with E-state index in [1.807, 2.05) is 6.92 Å². The monoisotopic (exact) mass is 344 g/mol. The summed E-state index contributed by atoms with van der Waals surface area (Å²) in [6.07, 6.45) is 3.05. The van der Waals surface area contributed by atoms with E-state index in [4.69, 9.17) is 11.6 Å². The van der Waals surface area contributed by atoms with Gasteiger partial charge in [-0.1, -0.05) is 19.4 Å². The zero-order chi connectivity index (χ0) is 16.2. The summed E-state index contributed by atoms with van der Waals surface area (Å²) >= 11 is 5.87. The lowest BCUT2D eigenvalue weighted by molar-refractivity contribution is -0.122. The Labute approximate surface area is 136 Å². The minimum absolute atomic E-state index is 0.0743. The number of amides is 1. The molecule has 0 aliphatic heterocycles. The molecule has 7 heteroatoms. The van der Waals surface area contributed by atoms with E-state index >= 15 is 0 Å². The van der Waals surface area contributed by atoms with Crippen molar-refractivity contribution in [2.24, 2.45) is 5.92 Å². The third-order valence-electron chi connectivity index (χ3n) is 3.69. The van der Waals surface area contributed by atoms with Crippen LogP contribution in [-0.4, -0.2) is 26.2 Å². The maximum Gasteiger partial charge on any atom is 0.240 e. The Morgan fingerprint density at radius 3 is 2.73 bits per heavy atom. The zero-order valence-electron chi connectivity index (χ0n) is 12.5.